The first-order valence-electron chi connectivity index (χ1n) is 21.2. The average molecular weight is 844 g/mol. The Labute approximate surface area is 342 Å². The molecule has 278 valence electrons. The largest absolute Gasteiger partial charge is 0.456 e. The smallest absolute Gasteiger partial charge is 0.144 e. The molecular formula is C51H46IN3O. The highest BCUT2D eigenvalue weighted by molar-refractivity contribution is 14.1. The number of halogens is 1. The van der Waals surface area contributed by atoms with Crippen LogP contribution in [0.4, 0.5) is 5.82 Å². The van der Waals surface area contributed by atoms with Crippen LogP contribution in [0.25, 0.3) is 56.1 Å². The number of benzene rings is 3. The lowest BCUT2D eigenvalue weighted by Crippen LogP contribution is -2.40. The topological polar surface area (TPSA) is 34.2 Å². The zero-order valence-electron chi connectivity index (χ0n) is 31.8. The number of hydrogen-bond donors (Lipinski definition) is 0. The Hall–Kier alpha value is -4.62. The fourth-order valence-electron chi connectivity index (χ4n) is 11.5. The van der Waals surface area contributed by atoms with Crippen LogP contribution in [-0.2, 0) is 12.8 Å². The van der Waals surface area contributed by atoms with Gasteiger partial charge in [-0.15, -0.1) is 0 Å². The van der Waals surface area contributed by atoms with E-state index < -0.39 is 0 Å². The van der Waals surface area contributed by atoms with E-state index >= 15 is 0 Å². The summed E-state index contributed by atoms with van der Waals surface area (Å²) < 4.78 is 9.96. The lowest BCUT2D eigenvalue weighted by molar-refractivity contribution is 0.385. The highest BCUT2D eigenvalue weighted by atomic mass is 127. The SMILES string of the molecule is IC1CCCC2C1C1=C(CCC(C3=Cc4c(n(C5C=CCCC5)c5ccccc45)CC3)=C1)N2c1cc2ccccc2c(-c2cccc3c4c(oc23)C=CCC4)n1. The molecule has 5 aliphatic carbocycles. The summed E-state index contributed by atoms with van der Waals surface area (Å²) in [5, 5.41) is 5.08. The van der Waals surface area contributed by atoms with E-state index in [-0.39, 0.29) is 0 Å². The summed E-state index contributed by atoms with van der Waals surface area (Å²) in [6.07, 6.45) is 28.5. The summed E-state index contributed by atoms with van der Waals surface area (Å²) in [7, 11) is 0. The van der Waals surface area contributed by atoms with Gasteiger partial charge in [0.15, 0.2) is 0 Å². The number of aromatic nitrogens is 2. The molecule has 1 fully saturated rings. The van der Waals surface area contributed by atoms with Crippen molar-refractivity contribution in [2.45, 2.75) is 93.1 Å². The van der Waals surface area contributed by atoms with Gasteiger partial charge in [-0.25, -0.2) is 4.98 Å². The Bertz CT molecular complexity index is 2770. The highest BCUT2D eigenvalue weighted by Gasteiger charge is 2.47. The molecule has 1 saturated carbocycles. The zero-order chi connectivity index (χ0) is 36.9. The third-order valence-electron chi connectivity index (χ3n) is 13.9. The van der Waals surface area contributed by atoms with Gasteiger partial charge in [0.2, 0.25) is 0 Å². The maximum absolute atomic E-state index is 6.66. The van der Waals surface area contributed by atoms with Crippen molar-refractivity contribution in [1.82, 2.24) is 9.55 Å². The second kappa shape index (κ2) is 13.2. The third-order valence-corrected chi connectivity index (χ3v) is 15.3. The van der Waals surface area contributed by atoms with Crippen LogP contribution in [0, 0.1) is 5.92 Å². The van der Waals surface area contributed by atoms with Crippen LogP contribution in [0.1, 0.15) is 92.8 Å². The van der Waals surface area contributed by atoms with Crippen molar-refractivity contribution < 1.29 is 4.42 Å². The molecule has 6 aliphatic rings. The van der Waals surface area contributed by atoms with E-state index in [0.717, 1.165) is 66.9 Å². The van der Waals surface area contributed by atoms with Crippen molar-refractivity contribution in [3.8, 4) is 11.3 Å². The number of rotatable bonds is 4. The molecule has 0 amide bonds. The van der Waals surface area contributed by atoms with Gasteiger partial charge in [0.25, 0.3) is 0 Å². The number of nitrogens with zero attached hydrogens (tertiary/aromatic N) is 3. The van der Waals surface area contributed by atoms with Crippen LogP contribution in [0.3, 0.4) is 0 Å². The summed E-state index contributed by atoms with van der Waals surface area (Å²) in [5.41, 5.74) is 15.0. The third kappa shape index (κ3) is 5.11. The van der Waals surface area contributed by atoms with Gasteiger partial charge < -0.3 is 13.9 Å². The monoisotopic (exact) mass is 843 g/mol. The van der Waals surface area contributed by atoms with Crippen molar-refractivity contribution in [3.63, 3.8) is 0 Å². The Morgan fingerprint density at radius 1 is 0.750 bits per heavy atom. The first kappa shape index (κ1) is 33.5. The van der Waals surface area contributed by atoms with E-state index in [1.807, 2.05) is 0 Å². The van der Waals surface area contributed by atoms with Gasteiger partial charge in [-0.1, -0.05) is 108 Å². The molecule has 0 radical (unpaired) electrons. The van der Waals surface area contributed by atoms with E-state index in [1.54, 1.807) is 16.7 Å². The lowest BCUT2D eigenvalue weighted by atomic mass is 9.78. The van der Waals surface area contributed by atoms with Gasteiger partial charge in [0.1, 0.15) is 17.2 Å². The minimum atomic E-state index is 0.429. The molecule has 4 nitrogen and oxygen atoms in total. The second-order valence-corrected chi connectivity index (χ2v) is 18.5. The second-order valence-electron chi connectivity index (χ2n) is 16.9. The molecule has 5 heteroatoms. The van der Waals surface area contributed by atoms with Crippen molar-refractivity contribution >= 4 is 73.2 Å². The van der Waals surface area contributed by atoms with Crippen molar-refractivity contribution in [2.24, 2.45) is 5.92 Å². The van der Waals surface area contributed by atoms with E-state index in [0.29, 0.717) is 21.9 Å². The fourth-order valence-corrected chi connectivity index (χ4v) is 12.8. The van der Waals surface area contributed by atoms with Gasteiger partial charge >= 0.3 is 0 Å². The number of allylic oxidation sites excluding steroid dienone is 7. The van der Waals surface area contributed by atoms with Gasteiger partial charge in [-0.2, -0.15) is 0 Å². The zero-order valence-corrected chi connectivity index (χ0v) is 34.0. The predicted molar refractivity (Wildman–Crippen MR) is 240 cm³/mol. The van der Waals surface area contributed by atoms with Crippen LogP contribution in [0.5, 0.6) is 0 Å². The standard InChI is InChI=1S/C51H46IN3O/c52-42-20-11-22-46-49(42)41-29-32(31-24-26-44-40(28-31)36-16-6-8-21-43(36)54(44)34-13-2-1-3-14-34)25-27-45(41)55(46)48-30-33-12-4-5-15-35(33)50(53-48)39-19-10-18-38-37-17-7-9-23-47(37)56-51(38)39/h2,4-6,8-10,12-13,15-16,18-19,21,23,28-30,34,42,46,49H,1,3,7,11,14,17,20,22,24-27H2. The minimum absolute atomic E-state index is 0.429. The van der Waals surface area contributed by atoms with Gasteiger partial charge in [0, 0.05) is 65.6 Å². The molecule has 0 spiro atoms. The summed E-state index contributed by atoms with van der Waals surface area (Å²) in [4.78, 5) is 8.40. The molecular weight excluding hydrogens is 797 g/mol. The van der Waals surface area contributed by atoms with Crippen LogP contribution < -0.4 is 4.90 Å². The Kier molecular flexibility index (Phi) is 7.91. The minimum Gasteiger partial charge on any atom is -0.456 e. The maximum Gasteiger partial charge on any atom is 0.144 e. The van der Waals surface area contributed by atoms with Crippen LogP contribution in [0.15, 0.2) is 124 Å². The Morgan fingerprint density at radius 2 is 1.61 bits per heavy atom. The molecule has 4 heterocycles. The first-order chi connectivity index (χ1) is 27.7. The number of alkyl halides is 1. The first-order valence-corrected chi connectivity index (χ1v) is 22.4. The summed E-state index contributed by atoms with van der Waals surface area (Å²) in [6.45, 7) is 0. The lowest BCUT2D eigenvalue weighted by Gasteiger charge is -2.37. The van der Waals surface area contributed by atoms with Gasteiger partial charge in [0.05, 0.1) is 11.7 Å². The van der Waals surface area contributed by atoms with Crippen molar-refractivity contribution in [2.75, 3.05) is 4.90 Å². The number of para-hydroxylation sites is 2. The van der Waals surface area contributed by atoms with Gasteiger partial charge in [-0.3, -0.25) is 0 Å². The molecule has 0 N–H and O–H groups in total. The molecule has 12 rings (SSSR count). The maximum atomic E-state index is 6.66. The van der Waals surface area contributed by atoms with E-state index in [1.165, 1.54) is 88.1 Å². The molecule has 0 saturated heterocycles. The highest BCUT2D eigenvalue weighted by Crippen LogP contribution is 2.53. The van der Waals surface area contributed by atoms with E-state index in [9.17, 15) is 0 Å². The Balaban J connectivity index is 0.983. The van der Waals surface area contributed by atoms with Crippen molar-refractivity contribution in [1.29, 1.82) is 0 Å². The number of anilines is 1. The van der Waals surface area contributed by atoms with Crippen LogP contribution in [0.2, 0.25) is 0 Å². The van der Waals surface area contributed by atoms with Crippen LogP contribution >= 0.6 is 22.6 Å². The predicted octanol–water partition coefficient (Wildman–Crippen LogP) is 13.6. The Morgan fingerprint density at radius 3 is 2.54 bits per heavy atom. The van der Waals surface area contributed by atoms with Crippen molar-refractivity contribution in [3.05, 3.63) is 142 Å². The molecule has 56 heavy (non-hydrogen) atoms. The number of aryl methyl sites for hydroxylation is 1. The van der Waals surface area contributed by atoms with E-state index in [4.69, 9.17) is 9.40 Å². The molecule has 1 aliphatic heterocycles. The number of pyridine rings is 1. The summed E-state index contributed by atoms with van der Waals surface area (Å²) >= 11 is 2.79. The van der Waals surface area contributed by atoms with E-state index in [2.05, 4.69) is 141 Å². The quantitative estimate of drug-likeness (QED) is 0.101. The number of furan rings is 1. The summed E-state index contributed by atoms with van der Waals surface area (Å²) in [6, 6.07) is 27.9. The van der Waals surface area contributed by atoms with Gasteiger partial charge in [-0.05, 0) is 123 Å². The molecule has 3 aromatic carbocycles. The molecule has 4 unspecified atom stereocenters. The fraction of sp³-hybridized carbons (Fsp3) is 0.314. The average Bonchev–Trinajstić information content (AvgIpc) is 3.91. The normalized spacial score (nSPS) is 24.3. The number of hydrogen-bond acceptors (Lipinski definition) is 3. The molecule has 3 aromatic heterocycles. The number of fused-ring (bicyclic) bond motifs is 9. The summed E-state index contributed by atoms with van der Waals surface area (Å²) in [5.74, 6) is 2.62. The van der Waals surface area contributed by atoms with Crippen LogP contribution in [-0.4, -0.2) is 19.5 Å². The molecule has 6 aromatic rings. The molecule has 4 atom stereocenters. The molecule has 0 bridgehead atoms.